The fraction of sp³-hybridized carbons (Fsp3) is 0.500. The van der Waals surface area contributed by atoms with E-state index in [2.05, 4.69) is 22.9 Å². The van der Waals surface area contributed by atoms with Crippen LogP contribution < -0.4 is 10.6 Å². The van der Waals surface area contributed by atoms with Crippen molar-refractivity contribution in [3.63, 3.8) is 0 Å². The fourth-order valence-corrected chi connectivity index (χ4v) is 1.51. The predicted molar refractivity (Wildman–Crippen MR) is 65.0 cm³/mol. The zero-order valence-electron chi connectivity index (χ0n) is 9.85. The molecule has 0 fully saturated rings. The number of nitrogens with two attached hydrogens (primary N) is 1. The van der Waals surface area contributed by atoms with E-state index in [9.17, 15) is 0 Å². The molecule has 4 nitrogen and oxygen atoms in total. The molecule has 0 saturated carbocycles. The Bertz CT molecular complexity index is 368. The Morgan fingerprint density at radius 1 is 1.62 bits per heavy atom. The largest absolute Gasteiger partial charge is 0.356 e. The fourth-order valence-electron chi connectivity index (χ4n) is 1.51. The van der Waals surface area contributed by atoms with E-state index in [-0.39, 0.29) is 6.04 Å². The molecule has 0 bridgehead atoms. The number of aromatic nitrogens is 1. The summed E-state index contributed by atoms with van der Waals surface area (Å²) in [7, 11) is 0. The Kier molecular flexibility index (Phi) is 4.74. The third-order valence-electron chi connectivity index (χ3n) is 2.49. The number of nitrogens with zero attached hydrogens (tertiary/aromatic N) is 3. The lowest BCUT2D eigenvalue weighted by atomic mass is 10.1. The van der Waals surface area contributed by atoms with E-state index in [1.165, 1.54) is 0 Å². The number of pyridine rings is 1. The second-order valence-corrected chi connectivity index (χ2v) is 3.72. The highest BCUT2D eigenvalue weighted by atomic mass is 15.2. The monoisotopic (exact) mass is 218 g/mol. The molecule has 1 aromatic rings. The van der Waals surface area contributed by atoms with Crippen LogP contribution in [0.5, 0.6) is 0 Å². The lowest BCUT2D eigenvalue weighted by Crippen LogP contribution is -2.25. The van der Waals surface area contributed by atoms with Crippen LogP contribution in [0.4, 0.5) is 5.82 Å². The van der Waals surface area contributed by atoms with Crippen LogP contribution in [-0.4, -0.2) is 18.1 Å². The molecule has 4 heteroatoms. The first-order valence-corrected chi connectivity index (χ1v) is 5.52. The van der Waals surface area contributed by atoms with Crippen molar-refractivity contribution in [3.8, 4) is 6.07 Å². The van der Waals surface area contributed by atoms with Crippen LogP contribution in [0.25, 0.3) is 0 Å². The lowest BCUT2D eigenvalue weighted by molar-refractivity contribution is 0.790. The Labute approximate surface area is 96.7 Å². The average molecular weight is 218 g/mol. The normalized spacial score (nSPS) is 11.9. The molecule has 0 aliphatic carbocycles. The second kappa shape index (κ2) is 6.09. The van der Waals surface area contributed by atoms with Gasteiger partial charge in [-0.05, 0) is 31.5 Å². The molecule has 16 heavy (non-hydrogen) atoms. The first-order chi connectivity index (χ1) is 7.69. The standard InChI is InChI=1S/C12H18N4/c1-3-16(8-4-6-13)12-9-11(10(2)14)5-7-15-12/h5,7,9-10H,3-4,8,14H2,1-2H3. The van der Waals surface area contributed by atoms with Gasteiger partial charge in [0.1, 0.15) is 5.82 Å². The van der Waals surface area contributed by atoms with Crippen molar-refractivity contribution in [3.05, 3.63) is 23.9 Å². The molecule has 0 radical (unpaired) electrons. The molecule has 0 amide bonds. The van der Waals surface area contributed by atoms with Crippen molar-refractivity contribution in [2.24, 2.45) is 5.73 Å². The van der Waals surface area contributed by atoms with Gasteiger partial charge in [-0.2, -0.15) is 5.26 Å². The van der Waals surface area contributed by atoms with Gasteiger partial charge in [-0.25, -0.2) is 4.98 Å². The topological polar surface area (TPSA) is 65.9 Å². The summed E-state index contributed by atoms with van der Waals surface area (Å²) in [4.78, 5) is 6.39. The highest BCUT2D eigenvalue weighted by Gasteiger charge is 2.07. The number of nitriles is 1. The van der Waals surface area contributed by atoms with Gasteiger partial charge in [0, 0.05) is 25.3 Å². The summed E-state index contributed by atoms with van der Waals surface area (Å²) in [5, 5.41) is 8.58. The molecule has 0 aromatic carbocycles. The smallest absolute Gasteiger partial charge is 0.128 e. The Balaban J connectivity index is 2.84. The van der Waals surface area contributed by atoms with Crippen LogP contribution in [0, 0.1) is 11.3 Å². The van der Waals surface area contributed by atoms with Gasteiger partial charge in [-0.3, -0.25) is 0 Å². The summed E-state index contributed by atoms with van der Waals surface area (Å²) < 4.78 is 0. The van der Waals surface area contributed by atoms with Crippen LogP contribution in [-0.2, 0) is 0 Å². The van der Waals surface area contributed by atoms with Gasteiger partial charge in [0.15, 0.2) is 0 Å². The van der Waals surface area contributed by atoms with Gasteiger partial charge < -0.3 is 10.6 Å². The first-order valence-electron chi connectivity index (χ1n) is 5.52. The summed E-state index contributed by atoms with van der Waals surface area (Å²) in [5.74, 6) is 0.896. The maximum Gasteiger partial charge on any atom is 0.128 e. The number of hydrogen-bond donors (Lipinski definition) is 1. The van der Waals surface area contributed by atoms with E-state index in [1.54, 1.807) is 6.20 Å². The zero-order chi connectivity index (χ0) is 12.0. The van der Waals surface area contributed by atoms with Gasteiger partial charge in [-0.15, -0.1) is 0 Å². The number of anilines is 1. The summed E-state index contributed by atoms with van der Waals surface area (Å²) in [6, 6.07) is 6.07. The van der Waals surface area contributed by atoms with Crippen molar-refractivity contribution < 1.29 is 0 Å². The highest BCUT2D eigenvalue weighted by Crippen LogP contribution is 2.16. The molecule has 0 aliphatic rings. The van der Waals surface area contributed by atoms with Crippen molar-refractivity contribution in [1.82, 2.24) is 4.98 Å². The van der Waals surface area contributed by atoms with Crippen molar-refractivity contribution in [2.45, 2.75) is 26.3 Å². The summed E-state index contributed by atoms with van der Waals surface area (Å²) in [6.45, 7) is 5.56. The van der Waals surface area contributed by atoms with Crippen LogP contribution in [0.1, 0.15) is 31.9 Å². The number of hydrogen-bond acceptors (Lipinski definition) is 4. The first kappa shape index (κ1) is 12.5. The Hall–Kier alpha value is -1.60. The zero-order valence-corrected chi connectivity index (χ0v) is 9.85. The minimum atomic E-state index is 0.0106. The molecular weight excluding hydrogens is 200 g/mol. The van der Waals surface area contributed by atoms with Crippen molar-refractivity contribution in [2.75, 3.05) is 18.0 Å². The van der Waals surface area contributed by atoms with E-state index in [1.807, 2.05) is 19.1 Å². The second-order valence-electron chi connectivity index (χ2n) is 3.72. The van der Waals surface area contributed by atoms with E-state index >= 15 is 0 Å². The maximum atomic E-state index is 8.58. The SMILES string of the molecule is CCN(CCC#N)c1cc(C(C)N)ccn1. The molecule has 1 heterocycles. The third-order valence-corrected chi connectivity index (χ3v) is 2.49. The molecule has 0 aliphatic heterocycles. The van der Waals surface area contributed by atoms with Gasteiger partial charge in [0.25, 0.3) is 0 Å². The molecule has 0 saturated heterocycles. The highest BCUT2D eigenvalue weighted by molar-refractivity contribution is 5.41. The van der Waals surface area contributed by atoms with E-state index < -0.39 is 0 Å². The van der Waals surface area contributed by atoms with E-state index in [4.69, 9.17) is 11.0 Å². The van der Waals surface area contributed by atoms with E-state index in [0.717, 1.165) is 17.9 Å². The molecule has 1 atom stereocenters. The molecule has 1 unspecified atom stereocenters. The van der Waals surface area contributed by atoms with Gasteiger partial charge in [-0.1, -0.05) is 0 Å². The molecule has 86 valence electrons. The quantitative estimate of drug-likeness (QED) is 0.819. The van der Waals surface area contributed by atoms with Crippen LogP contribution in [0.15, 0.2) is 18.3 Å². The van der Waals surface area contributed by atoms with E-state index in [0.29, 0.717) is 13.0 Å². The van der Waals surface area contributed by atoms with Crippen molar-refractivity contribution in [1.29, 1.82) is 5.26 Å². The minimum absolute atomic E-state index is 0.0106. The van der Waals surface area contributed by atoms with Crippen LogP contribution >= 0.6 is 0 Å². The lowest BCUT2D eigenvalue weighted by Gasteiger charge is -2.21. The van der Waals surface area contributed by atoms with Crippen LogP contribution in [0.2, 0.25) is 0 Å². The van der Waals surface area contributed by atoms with Gasteiger partial charge in [0.05, 0.1) is 12.5 Å². The molecule has 1 aromatic heterocycles. The Morgan fingerprint density at radius 2 is 2.38 bits per heavy atom. The maximum absolute atomic E-state index is 8.58. The number of rotatable bonds is 5. The summed E-state index contributed by atoms with van der Waals surface area (Å²) in [5.41, 5.74) is 6.90. The summed E-state index contributed by atoms with van der Waals surface area (Å²) >= 11 is 0. The van der Waals surface area contributed by atoms with Gasteiger partial charge >= 0.3 is 0 Å². The molecule has 1 rings (SSSR count). The minimum Gasteiger partial charge on any atom is -0.356 e. The third kappa shape index (κ3) is 3.21. The Morgan fingerprint density at radius 3 is 2.94 bits per heavy atom. The predicted octanol–water partition coefficient (Wildman–Crippen LogP) is 1.84. The van der Waals surface area contributed by atoms with Crippen LogP contribution in [0.3, 0.4) is 0 Å². The molecule has 2 N–H and O–H groups in total. The average Bonchev–Trinajstić information content (AvgIpc) is 2.30. The molecular formula is C12H18N4. The summed E-state index contributed by atoms with van der Waals surface area (Å²) in [6.07, 6.45) is 2.28. The van der Waals surface area contributed by atoms with Gasteiger partial charge in [0.2, 0.25) is 0 Å². The molecule has 0 spiro atoms. The van der Waals surface area contributed by atoms with Crippen molar-refractivity contribution >= 4 is 5.82 Å².